The van der Waals surface area contributed by atoms with Crippen molar-refractivity contribution >= 4 is 22.8 Å². The zero-order chi connectivity index (χ0) is 16.6. The van der Waals surface area contributed by atoms with Crippen molar-refractivity contribution in [3.8, 4) is 0 Å². The number of fused-ring (bicyclic) bond motifs is 1. The van der Waals surface area contributed by atoms with Gasteiger partial charge in [0, 0.05) is 24.0 Å². The molecule has 2 saturated heterocycles. The van der Waals surface area contributed by atoms with E-state index in [-0.39, 0.29) is 17.1 Å². The minimum Gasteiger partial charge on any atom is -0.380 e. The van der Waals surface area contributed by atoms with Crippen LogP contribution >= 0.6 is 11.8 Å². The molecule has 0 bridgehead atoms. The van der Waals surface area contributed by atoms with E-state index in [4.69, 9.17) is 9.47 Å². The molecule has 0 aromatic carbocycles. The third-order valence-electron chi connectivity index (χ3n) is 4.56. The lowest BCUT2D eigenvalue weighted by Gasteiger charge is -2.37. The average Bonchev–Trinajstić information content (AvgIpc) is 3.07. The van der Waals surface area contributed by atoms with Crippen LogP contribution in [0.3, 0.4) is 0 Å². The van der Waals surface area contributed by atoms with Crippen LogP contribution in [0.5, 0.6) is 0 Å². The molecular weight excluding hydrogens is 326 g/mol. The lowest BCUT2D eigenvalue weighted by molar-refractivity contribution is -0.0861. The van der Waals surface area contributed by atoms with Crippen molar-refractivity contribution in [1.29, 1.82) is 0 Å². The molecule has 2 aliphatic rings. The number of hydrogen-bond acceptors (Lipinski definition) is 6. The SMILES string of the molecule is CC1(CSc2nc3ncccc3c(=O)n2CC2CCCO2)COC1. The van der Waals surface area contributed by atoms with Gasteiger partial charge >= 0.3 is 0 Å². The Bertz CT molecular complexity index is 797. The van der Waals surface area contributed by atoms with Crippen LogP contribution in [0.25, 0.3) is 11.0 Å². The van der Waals surface area contributed by atoms with Crippen molar-refractivity contribution in [2.24, 2.45) is 5.41 Å². The van der Waals surface area contributed by atoms with Gasteiger partial charge in [-0.2, -0.15) is 0 Å². The molecular formula is C17H21N3O3S. The maximum atomic E-state index is 12.9. The van der Waals surface area contributed by atoms with E-state index in [1.807, 2.05) is 0 Å². The van der Waals surface area contributed by atoms with Gasteiger partial charge in [-0.05, 0) is 25.0 Å². The van der Waals surface area contributed by atoms with Gasteiger partial charge in [0.25, 0.3) is 5.56 Å². The summed E-state index contributed by atoms with van der Waals surface area (Å²) in [5.74, 6) is 0.878. The van der Waals surface area contributed by atoms with E-state index in [0.29, 0.717) is 17.6 Å². The molecule has 2 aromatic rings. The molecule has 0 amide bonds. The molecule has 0 N–H and O–H groups in total. The Morgan fingerprint density at radius 1 is 1.46 bits per heavy atom. The molecule has 7 heteroatoms. The van der Waals surface area contributed by atoms with E-state index in [1.165, 1.54) is 0 Å². The predicted molar refractivity (Wildman–Crippen MR) is 92.4 cm³/mol. The van der Waals surface area contributed by atoms with Crippen LogP contribution in [-0.2, 0) is 16.0 Å². The van der Waals surface area contributed by atoms with Gasteiger partial charge in [0.1, 0.15) is 0 Å². The maximum Gasteiger partial charge on any atom is 0.263 e. The summed E-state index contributed by atoms with van der Waals surface area (Å²) in [6.07, 6.45) is 3.82. The van der Waals surface area contributed by atoms with Crippen molar-refractivity contribution in [1.82, 2.24) is 14.5 Å². The number of ether oxygens (including phenoxy) is 2. The van der Waals surface area contributed by atoms with Crippen LogP contribution in [0.2, 0.25) is 0 Å². The summed E-state index contributed by atoms with van der Waals surface area (Å²) in [6.45, 7) is 5.07. The lowest BCUT2D eigenvalue weighted by atomic mass is 9.92. The number of thioether (sulfide) groups is 1. The van der Waals surface area contributed by atoms with Crippen molar-refractivity contribution in [2.45, 2.75) is 37.6 Å². The molecule has 2 aliphatic heterocycles. The zero-order valence-corrected chi connectivity index (χ0v) is 14.6. The van der Waals surface area contributed by atoms with Crippen LogP contribution in [0, 0.1) is 5.41 Å². The predicted octanol–water partition coefficient (Wildman–Crippen LogP) is 2.10. The molecule has 0 aliphatic carbocycles. The van der Waals surface area contributed by atoms with E-state index in [0.717, 1.165) is 43.6 Å². The molecule has 0 radical (unpaired) electrons. The first kappa shape index (κ1) is 16.1. The van der Waals surface area contributed by atoms with E-state index >= 15 is 0 Å². The average molecular weight is 347 g/mol. The zero-order valence-electron chi connectivity index (χ0n) is 13.7. The lowest BCUT2D eigenvalue weighted by Crippen LogP contribution is -2.42. The highest BCUT2D eigenvalue weighted by atomic mass is 32.2. The molecule has 2 fully saturated rings. The molecule has 0 saturated carbocycles. The second-order valence-electron chi connectivity index (χ2n) is 6.91. The van der Waals surface area contributed by atoms with Gasteiger partial charge in [-0.1, -0.05) is 18.7 Å². The minimum absolute atomic E-state index is 0.0267. The molecule has 4 rings (SSSR count). The Balaban J connectivity index is 1.69. The third kappa shape index (κ3) is 3.08. The van der Waals surface area contributed by atoms with E-state index in [2.05, 4.69) is 16.9 Å². The second kappa shape index (κ2) is 6.46. The Hall–Kier alpha value is -1.44. The van der Waals surface area contributed by atoms with Gasteiger partial charge in [-0.15, -0.1) is 0 Å². The first-order valence-electron chi connectivity index (χ1n) is 8.32. The minimum atomic E-state index is -0.0267. The highest BCUT2D eigenvalue weighted by Crippen LogP contribution is 2.33. The van der Waals surface area contributed by atoms with Crippen LogP contribution in [-0.4, -0.2) is 46.2 Å². The number of nitrogens with zero attached hydrogens (tertiary/aromatic N) is 3. The van der Waals surface area contributed by atoms with Crippen LogP contribution in [0.4, 0.5) is 0 Å². The molecule has 24 heavy (non-hydrogen) atoms. The van der Waals surface area contributed by atoms with Crippen molar-refractivity contribution in [3.05, 3.63) is 28.7 Å². The van der Waals surface area contributed by atoms with Crippen molar-refractivity contribution in [2.75, 3.05) is 25.6 Å². The fourth-order valence-electron chi connectivity index (χ4n) is 3.07. The van der Waals surface area contributed by atoms with Crippen LogP contribution < -0.4 is 5.56 Å². The first-order valence-corrected chi connectivity index (χ1v) is 9.31. The summed E-state index contributed by atoms with van der Waals surface area (Å²) in [7, 11) is 0. The Labute approximate surface area is 144 Å². The largest absolute Gasteiger partial charge is 0.380 e. The third-order valence-corrected chi connectivity index (χ3v) is 5.97. The Morgan fingerprint density at radius 2 is 2.33 bits per heavy atom. The fraction of sp³-hybridized carbons (Fsp3) is 0.588. The number of rotatable bonds is 5. The van der Waals surface area contributed by atoms with Gasteiger partial charge in [0.15, 0.2) is 10.8 Å². The molecule has 0 spiro atoms. The monoisotopic (exact) mass is 347 g/mol. The highest BCUT2D eigenvalue weighted by molar-refractivity contribution is 7.99. The van der Waals surface area contributed by atoms with Gasteiger partial charge in [0.2, 0.25) is 0 Å². The van der Waals surface area contributed by atoms with Gasteiger partial charge in [-0.3, -0.25) is 9.36 Å². The summed E-state index contributed by atoms with van der Waals surface area (Å²) < 4.78 is 12.8. The summed E-state index contributed by atoms with van der Waals surface area (Å²) in [4.78, 5) is 21.9. The quantitative estimate of drug-likeness (QED) is 0.610. The molecule has 128 valence electrons. The van der Waals surface area contributed by atoms with E-state index in [9.17, 15) is 4.79 Å². The maximum absolute atomic E-state index is 12.9. The second-order valence-corrected chi connectivity index (χ2v) is 7.85. The van der Waals surface area contributed by atoms with Crippen molar-refractivity contribution in [3.63, 3.8) is 0 Å². The Kier molecular flexibility index (Phi) is 4.32. The molecule has 6 nitrogen and oxygen atoms in total. The summed E-state index contributed by atoms with van der Waals surface area (Å²) in [6, 6.07) is 3.57. The standard InChI is InChI=1S/C17H21N3O3S/c1-17(9-22-10-17)11-24-16-19-14-13(5-2-6-18-14)15(21)20(16)8-12-4-3-7-23-12/h2,5-6,12H,3-4,7-11H2,1H3. The summed E-state index contributed by atoms with van der Waals surface area (Å²) in [5.41, 5.74) is 0.653. The smallest absolute Gasteiger partial charge is 0.263 e. The molecule has 4 heterocycles. The first-order chi connectivity index (χ1) is 11.6. The molecule has 2 aromatic heterocycles. The number of pyridine rings is 1. The number of hydrogen-bond donors (Lipinski definition) is 0. The van der Waals surface area contributed by atoms with Gasteiger partial charge < -0.3 is 9.47 Å². The normalized spacial score (nSPS) is 22.6. The van der Waals surface area contributed by atoms with Gasteiger partial charge in [-0.25, -0.2) is 9.97 Å². The highest BCUT2D eigenvalue weighted by Gasteiger charge is 2.34. The van der Waals surface area contributed by atoms with Crippen LogP contribution in [0.1, 0.15) is 19.8 Å². The topological polar surface area (TPSA) is 66.2 Å². The summed E-state index contributed by atoms with van der Waals surface area (Å²) >= 11 is 1.62. The number of aromatic nitrogens is 3. The van der Waals surface area contributed by atoms with E-state index < -0.39 is 0 Å². The molecule has 1 atom stereocenters. The Morgan fingerprint density at radius 3 is 3.04 bits per heavy atom. The fourth-order valence-corrected chi connectivity index (χ4v) is 4.18. The van der Waals surface area contributed by atoms with Gasteiger partial charge in [0.05, 0.1) is 31.2 Å². The van der Waals surface area contributed by atoms with E-state index in [1.54, 1.807) is 34.7 Å². The summed E-state index contributed by atoms with van der Waals surface area (Å²) in [5, 5.41) is 1.30. The van der Waals surface area contributed by atoms with Crippen LogP contribution in [0.15, 0.2) is 28.3 Å². The molecule has 1 unspecified atom stereocenters. The van der Waals surface area contributed by atoms with Crippen molar-refractivity contribution < 1.29 is 9.47 Å².